The molecule has 4 rings (SSSR count). The van der Waals surface area contributed by atoms with Gasteiger partial charge in [0.1, 0.15) is 11.6 Å². The first kappa shape index (κ1) is 19.4. The maximum Gasteiger partial charge on any atom is 0.161 e. The minimum Gasteiger partial charge on any atom is -0.497 e. The number of rotatable bonds is 5. The van der Waals surface area contributed by atoms with Crippen LogP contribution in [0.3, 0.4) is 0 Å². The summed E-state index contributed by atoms with van der Waals surface area (Å²) in [6.07, 6.45) is 1.81. The molecule has 0 unspecified atom stereocenters. The number of methoxy groups -OCH3 is 1. The van der Waals surface area contributed by atoms with E-state index in [-0.39, 0.29) is 10.3 Å². The molecular weight excluding hydrogens is 409 g/mol. The van der Waals surface area contributed by atoms with Crippen molar-refractivity contribution in [3.8, 4) is 17.0 Å². The Morgan fingerprint density at radius 2 is 1.79 bits per heavy atom. The predicted molar refractivity (Wildman–Crippen MR) is 116 cm³/mol. The molecule has 0 N–H and O–H groups in total. The maximum atomic E-state index is 6.17. The zero-order valence-electron chi connectivity index (χ0n) is 15.8. The van der Waals surface area contributed by atoms with Gasteiger partial charge >= 0.3 is 0 Å². The normalized spacial score (nSPS) is 10.9. The van der Waals surface area contributed by atoms with Crippen LogP contribution in [0.1, 0.15) is 5.56 Å². The Labute approximate surface area is 178 Å². The Morgan fingerprint density at radius 3 is 2.55 bits per heavy atom. The second-order valence-corrected chi connectivity index (χ2v) is 7.25. The number of hydrogen-bond donors (Lipinski definition) is 0. The van der Waals surface area contributed by atoms with Gasteiger partial charge in [-0.15, -0.1) is 10.2 Å². The van der Waals surface area contributed by atoms with E-state index < -0.39 is 0 Å². The Morgan fingerprint density at radius 1 is 1.00 bits per heavy atom. The molecule has 0 spiro atoms. The molecule has 29 heavy (non-hydrogen) atoms. The molecule has 3 aromatic heterocycles. The fourth-order valence-corrected chi connectivity index (χ4v) is 3.32. The quantitative estimate of drug-likeness (QED) is 0.446. The fraction of sp³-hybridized carbons (Fsp3) is 0.143. The number of aromatic nitrogens is 4. The van der Waals surface area contributed by atoms with E-state index in [9.17, 15) is 0 Å². The van der Waals surface area contributed by atoms with Crippen molar-refractivity contribution >= 4 is 39.9 Å². The van der Waals surface area contributed by atoms with Gasteiger partial charge in [-0.05, 0) is 35.9 Å². The number of ether oxygens (including phenoxy) is 1. The largest absolute Gasteiger partial charge is 0.497 e. The van der Waals surface area contributed by atoms with E-state index in [4.69, 9.17) is 32.9 Å². The smallest absolute Gasteiger partial charge is 0.161 e. The van der Waals surface area contributed by atoms with Gasteiger partial charge in [-0.25, -0.2) is 9.97 Å². The van der Waals surface area contributed by atoms with Crippen LogP contribution < -0.4 is 9.64 Å². The van der Waals surface area contributed by atoms with Crippen LogP contribution in [0.15, 0.2) is 54.7 Å². The molecule has 6 nitrogen and oxygen atoms in total. The second-order valence-electron chi connectivity index (χ2n) is 6.51. The number of nitrogens with zero attached hydrogens (tertiary/aromatic N) is 5. The van der Waals surface area contributed by atoms with E-state index in [1.165, 1.54) is 0 Å². The van der Waals surface area contributed by atoms with E-state index in [0.29, 0.717) is 17.8 Å². The van der Waals surface area contributed by atoms with Gasteiger partial charge in [0.15, 0.2) is 10.3 Å². The lowest BCUT2D eigenvalue weighted by atomic mass is 10.1. The number of fused-ring (bicyclic) bond motifs is 1. The Kier molecular flexibility index (Phi) is 5.47. The van der Waals surface area contributed by atoms with E-state index in [0.717, 1.165) is 28.0 Å². The molecule has 0 amide bonds. The first-order valence-corrected chi connectivity index (χ1v) is 9.59. The summed E-state index contributed by atoms with van der Waals surface area (Å²) in [6.45, 7) is 0.706. The van der Waals surface area contributed by atoms with E-state index >= 15 is 0 Å². The second kappa shape index (κ2) is 8.19. The van der Waals surface area contributed by atoms with Crippen LogP contribution in [-0.2, 0) is 6.54 Å². The molecule has 8 heteroatoms. The summed E-state index contributed by atoms with van der Waals surface area (Å²) in [5.74, 6) is 1.65. The highest BCUT2D eigenvalue weighted by Crippen LogP contribution is 2.28. The summed E-state index contributed by atoms with van der Waals surface area (Å²) in [4.78, 5) is 11.4. The number of anilines is 1. The Balaban J connectivity index is 1.64. The third kappa shape index (κ3) is 4.23. The van der Waals surface area contributed by atoms with Gasteiger partial charge < -0.3 is 9.64 Å². The van der Waals surface area contributed by atoms with Crippen molar-refractivity contribution < 1.29 is 4.74 Å². The highest BCUT2D eigenvalue weighted by atomic mass is 35.5. The van der Waals surface area contributed by atoms with E-state index in [1.807, 2.05) is 55.7 Å². The summed E-state index contributed by atoms with van der Waals surface area (Å²) < 4.78 is 5.21. The van der Waals surface area contributed by atoms with Crippen molar-refractivity contribution in [3.05, 3.63) is 70.6 Å². The lowest BCUT2D eigenvalue weighted by Crippen LogP contribution is -2.17. The molecule has 0 atom stereocenters. The molecule has 0 saturated carbocycles. The molecule has 0 saturated heterocycles. The minimum absolute atomic E-state index is 0.257. The molecule has 0 radical (unpaired) electrons. The van der Waals surface area contributed by atoms with Gasteiger partial charge in [0.25, 0.3) is 0 Å². The van der Waals surface area contributed by atoms with Crippen LogP contribution in [0.2, 0.25) is 10.3 Å². The molecule has 0 bridgehead atoms. The third-order valence-electron chi connectivity index (χ3n) is 4.52. The third-order valence-corrected chi connectivity index (χ3v) is 4.99. The van der Waals surface area contributed by atoms with Crippen molar-refractivity contribution in [1.82, 2.24) is 20.2 Å². The van der Waals surface area contributed by atoms with Crippen molar-refractivity contribution in [3.63, 3.8) is 0 Å². The maximum absolute atomic E-state index is 6.17. The van der Waals surface area contributed by atoms with Crippen molar-refractivity contribution in [2.45, 2.75) is 6.54 Å². The van der Waals surface area contributed by atoms with Crippen molar-refractivity contribution in [2.75, 3.05) is 19.1 Å². The van der Waals surface area contributed by atoms with Gasteiger partial charge in [-0.1, -0.05) is 35.3 Å². The van der Waals surface area contributed by atoms with Gasteiger partial charge in [-0.2, -0.15) is 0 Å². The Hall–Kier alpha value is -2.96. The summed E-state index contributed by atoms with van der Waals surface area (Å²) in [6, 6.07) is 15.4. The zero-order valence-corrected chi connectivity index (χ0v) is 17.3. The molecule has 4 aromatic rings. The topological polar surface area (TPSA) is 64.0 Å². The van der Waals surface area contributed by atoms with Crippen molar-refractivity contribution in [1.29, 1.82) is 0 Å². The molecule has 146 valence electrons. The highest BCUT2D eigenvalue weighted by Gasteiger charge is 2.11. The lowest BCUT2D eigenvalue weighted by molar-refractivity contribution is 0.414. The molecular formula is C21H17Cl2N5O. The zero-order chi connectivity index (χ0) is 20.4. The summed E-state index contributed by atoms with van der Waals surface area (Å²) in [5.41, 5.74) is 3.27. The number of benzene rings is 1. The molecule has 0 aliphatic rings. The van der Waals surface area contributed by atoms with Crippen LogP contribution in [0.25, 0.3) is 22.2 Å². The van der Waals surface area contributed by atoms with Gasteiger partial charge in [-0.3, -0.25) is 0 Å². The van der Waals surface area contributed by atoms with Crippen LogP contribution in [-0.4, -0.2) is 34.3 Å². The molecule has 0 fully saturated rings. The highest BCUT2D eigenvalue weighted by molar-refractivity contribution is 6.33. The van der Waals surface area contributed by atoms with Gasteiger partial charge in [0.05, 0.1) is 18.3 Å². The first-order valence-electron chi connectivity index (χ1n) is 8.83. The average molecular weight is 426 g/mol. The van der Waals surface area contributed by atoms with Gasteiger partial charge in [0.2, 0.25) is 0 Å². The molecule has 0 aliphatic heterocycles. The van der Waals surface area contributed by atoms with Gasteiger partial charge in [0, 0.05) is 36.8 Å². The lowest BCUT2D eigenvalue weighted by Gasteiger charge is -2.19. The summed E-state index contributed by atoms with van der Waals surface area (Å²) in [7, 11) is 3.65. The van der Waals surface area contributed by atoms with E-state index in [1.54, 1.807) is 13.2 Å². The van der Waals surface area contributed by atoms with Crippen LogP contribution in [0.5, 0.6) is 5.75 Å². The fourth-order valence-electron chi connectivity index (χ4n) is 2.98. The summed E-state index contributed by atoms with van der Waals surface area (Å²) >= 11 is 12.1. The van der Waals surface area contributed by atoms with Crippen LogP contribution in [0.4, 0.5) is 5.82 Å². The molecule has 1 aromatic carbocycles. The first-order chi connectivity index (χ1) is 14.0. The summed E-state index contributed by atoms with van der Waals surface area (Å²) in [5, 5.41) is 9.05. The minimum atomic E-state index is 0.257. The predicted octanol–water partition coefficient (Wildman–Crippen LogP) is 5.04. The van der Waals surface area contributed by atoms with Crippen LogP contribution in [0, 0.1) is 0 Å². The standard InChI is InChI=1S/C21H17Cl2N5O/c1-28(12-13-3-6-15(29-2)7-4-13)20-10-18-14(11-24-20)5-8-17(25-18)16-9-19(22)26-27-21(16)23/h3-11H,12H2,1-2H3. The molecule has 3 heterocycles. The number of hydrogen-bond acceptors (Lipinski definition) is 6. The van der Waals surface area contributed by atoms with Crippen molar-refractivity contribution in [2.24, 2.45) is 0 Å². The molecule has 0 aliphatic carbocycles. The number of pyridine rings is 2. The van der Waals surface area contributed by atoms with E-state index in [2.05, 4.69) is 20.1 Å². The monoisotopic (exact) mass is 425 g/mol. The SMILES string of the molecule is COc1ccc(CN(C)c2cc3nc(-c4cc(Cl)nnc4Cl)ccc3cn2)cc1. The Bertz CT molecular complexity index is 1170. The van der Waals surface area contributed by atoms with Crippen LogP contribution >= 0.6 is 23.2 Å². The average Bonchev–Trinajstić information content (AvgIpc) is 2.75. The number of halogens is 2.